The second kappa shape index (κ2) is 9.81. The highest BCUT2D eigenvalue weighted by Gasteiger charge is 2.13. The fraction of sp³-hybridized carbons (Fsp3) is 0.261. The molecule has 2 aromatic heterocycles. The number of fused-ring (bicyclic) bond motifs is 1. The molecule has 0 aliphatic rings. The molecule has 2 heterocycles. The molecule has 0 atom stereocenters. The van der Waals surface area contributed by atoms with Crippen LogP contribution in [0.5, 0.6) is 5.75 Å². The number of nitrogens with zero attached hydrogens (tertiary/aromatic N) is 3. The molecule has 0 amide bonds. The molecule has 8 heteroatoms. The summed E-state index contributed by atoms with van der Waals surface area (Å²) in [5.41, 5.74) is 1.19. The van der Waals surface area contributed by atoms with Crippen LogP contribution in [0.1, 0.15) is 38.2 Å². The zero-order valence-corrected chi connectivity index (χ0v) is 19.3. The number of hydrogen-bond acceptors (Lipinski definition) is 5. The summed E-state index contributed by atoms with van der Waals surface area (Å²) in [6.45, 7) is 2.91. The molecule has 31 heavy (non-hydrogen) atoms. The van der Waals surface area contributed by atoms with Gasteiger partial charge in [-0.1, -0.05) is 66.8 Å². The topological polar surface area (TPSA) is 56.5 Å². The Morgan fingerprint density at radius 3 is 2.48 bits per heavy atom. The van der Waals surface area contributed by atoms with E-state index in [-0.39, 0.29) is 5.56 Å². The number of benzene rings is 2. The predicted octanol–water partition coefficient (Wildman–Crippen LogP) is 5.63. The maximum Gasteiger partial charge on any atom is 0.291 e. The first-order valence-electron chi connectivity index (χ1n) is 10.2. The Morgan fingerprint density at radius 1 is 1.06 bits per heavy atom. The van der Waals surface area contributed by atoms with Gasteiger partial charge in [0.1, 0.15) is 5.75 Å². The quantitative estimate of drug-likeness (QED) is 0.311. The first-order chi connectivity index (χ1) is 15.1. The van der Waals surface area contributed by atoms with Crippen LogP contribution in [-0.4, -0.2) is 21.2 Å². The SMILES string of the molecule is CCCCCCOc1ccc(-c2nc3s/c(=C/c4c(Cl)cccc4Cl)c(=O)n3n2)cc1. The Labute approximate surface area is 193 Å². The van der Waals surface area contributed by atoms with Crippen LogP contribution in [0.3, 0.4) is 0 Å². The molecule has 0 saturated heterocycles. The van der Waals surface area contributed by atoms with Crippen LogP contribution in [0.4, 0.5) is 0 Å². The lowest BCUT2D eigenvalue weighted by Crippen LogP contribution is -2.23. The smallest absolute Gasteiger partial charge is 0.291 e. The van der Waals surface area contributed by atoms with Gasteiger partial charge in [0.05, 0.1) is 11.1 Å². The fourth-order valence-electron chi connectivity index (χ4n) is 3.15. The molecule has 0 aliphatic carbocycles. The van der Waals surface area contributed by atoms with Crippen molar-refractivity contribution in [3.05, 3.63) is 73.0 Å². The van der Waals surface area contributed by atoms with Gasteiger partial charge in [-0.15, -0.1) is 5.10 Å². The molecule has 0 unspecified atom stereocenters. The van der Waals surface area contributed by atoms with Gasteiger partial charge < -0.3 is 4.74 Å². The van der Waals surface area contributed by atoms with Crippen LogP contribution >= 0.6 is 34.5 Å². The predicted molar refractivity (Wildman–Crippen MR) is 127 cm³/mol. The Kier molecular flexibility index (Phi) is 6.90. The summed E-state index contributed by atoms with van der Waals surface area (Å²) in [6, 6.07) is 12.8. The molecule has 0 radical (unpaired) electrons. The Morgan fingerprint density at radius 2 is 1.81 bits per heavy atom. The van der Waals surface area contributed by atoms with Gasteiger partial charge in [-0.2, -0.15) is 9.50 Å². The van der Waals surface area contributed by atoms with Crippen LogP contribution in [0.25, 0.3) is 22.4 Å². The summed E-state index contributed by atoms with van der Waals surface area (Å²) in [6.07, 6.45) is 6.36. The second-order valence-electron chi connectivity index (χ2n) is 7.11. The van der Waals surface area contributed by atoms with Crippen LogP contribution < -0.4 is 14.8 Å². The van der Waals surface area contributed by atoms with Gasteiger partial charge in [-0.3, -0.25) is 4.79 Å². The number of aromatic nitrogens is 3. The summed E-state index contributed by atoms with van der Waals surface area (Å²) < 4.78 is 7.57. The third-order valence-electron chi connectivity index (χ3n) is 4.84. The monoisotopic (exact) mass is 473 g/mol. The Hall–Kier alpha value is -2.41. The van der Waals surface area contributed by atoms with Gasteiger partial charge in [-0.25, -0.2) is 0 Å². The highest BCUT2D eigenvalue weighted by atomic mass is 35.5. The zero-order valence-electron chi connectivity index (χ0n) is 17.0. The lowest BCUT2D eigenvalue weighted by atomic mass is 10.2. The van der Waals surface area contributed by atoms with Crippen LogP contribution in [0.2, 0.25) is 10.0 Å². The standard InChI is InChI=1S/C23H21Cl2N3O2S/c1-2-3-4-5-13-30-16-11-9-15(10-12-16)21-26-23-28(27-21)22(29)20(31-23)14-17-18(24)7-6-8-19(17)25/h6-12,14H,2-5,13H2,1H3/b20-14+. The first kappa shape index (κ1) is 21.8. The normalized spacial score (nSPS) is 12.0. The molecule has 5 nitrogen and oxygen atoms in total. The molecule has 0 fully saturated rings. The van der Waals surface area contributed by atoms with Crippen molar-refractivity contribution in [3.8, 4) is 17.1 Å². The van der Waals surface area contributed by atoms with Crippen molar-refractivity contribution in [1.82, 2.24) is 14.6 Å². The van der Waals surface area contributed by atoms with E-state index in [2.05, 4.69) is 17.0 Å². The number of halogens is 2. The van der Waals surface area contributed by atoms with Gasteiger partial charge in [0.2, 0.25) is 4.96 Å². The molecular weight excluding hydrogens is 453 g/mol. The van der Waals surface area contributed by atoms with Crippen molar-refractivity contribution in [2.24, 2.45) is 0 Å². The number of ether oxygens (including phenoxy) is 1. The average Bonchev–Trinajstić information content (AvgIpc) is 3.30. The van der Waals surface area contributed by atoms with Gasteiger partial charge in [0.25, 0.3) is 5.56 Å². The number of hydrogen-bond donors (Lipinski definition) is 0. The molecular formula is C23H21Cl2N3O2S. The Balaban J connectivity index is 1.54. The van der Waals surface area contributed by atoms with E-state index < -0.39 is 0 Å². The van der Waals surface area contributed by atoms with Crippen LogP contribution in [-0.2, 0) is 0 Å². The van der Waals surface area contributed by atoms with E-state index >= 15 is 0 Å². The summed E-state index contributed by atoms with van der Waals surface area (Å²) in [7, 11) is 0. The maximum absolute atomic E-state index is 12.8. The van der Waals surface area contributed by atoms with Crippen molar-refractivity contribution in [2.45, 2.75) is 32.6 Å². The van der Waals surface area contributed by atoms with Crippen molar-refractivity contribution in [2.75, 3.05) is 6.61 Å². The molecule has 0 bridgehead atoms. The van der Waals surface area contributed by atoms with E-state index in [0.717, 1.165) is 17.7 Å². The average molecular weight is 474 g/mol. The molecule has 2 aromatic carbocycles. The minimum Gasteiger partial charge on any atom is -0.494 e. The van der Waals surface area contributed by atoms with E-state index in [4.69, 9.17) is 27.9 Å². The highest BCUT2D eigenvalue weighted by Crippen LogP contribution is 2.25. The molecule has 0 saturated carbocycles. The van der Waals surface area contributed by atoms with Crippen molar-refractivity contribution < 1.29 is 4.74 Å². The molecule has 0 aliphatic heterocycles. The summed E-state index contributed by atoms with van der Waals surface area (Å²) in [4.78, 5) is 17.8. The van der Waals surface area contributed by atoms with Gasteiger partial charge in [0, 0.05) is 21.2 Å². The number of rotatable bonds is 8. The minimum absolute atomic E-state index is 0.248. The highest BCUT2D eigenvalue weighted by molar-refractivity contribution is 7.15. The largest absolute Gasteiger partial charge is 0.494 e. The molecule has 0 N–H and O–H groups in total. The fourth-order valence-corrected chi connectivity index (χ4v) is 4.55. The van der Waals surface area contributed by atoms with E-state index in [1.54, 1.807) is 24.3 Å². The third kappa shape index (κ3) is 4.92. The van der Waals surface area contributed by atoms with Gasteiger partial charge >= 0.3 is 0 Å². The van der Waals surface area contributed by atoms with E-state index in [9.17, 15) is 4.79 Å². The molecule has 4 aromatic rings. The van der Waals surface area contributed by atoms with Crippen molar-refractivity contribution in [1.29, 1.82) is 0 Å². The second-order valence-corrected chi connectivity index (χ2v) is 8.94. The minimum atomic E-state index is -0.248. The summed E-state index contributed by atoms with van der Waals surface area (Å²) in [5, 5.41) is 5.36. The molecule has 160 valence electrons. The zero-order chi connectivity index (χ0) is 21.8. The van der Waals surface area contributed by atoms with E-state index in [1.165, 1.54) is 35.1 Å². The summed E-state index contributed by atoms with van der Waals surface area (Å²) >= 11 is 13.7. The van der Waals surface area contributed by atoms with Gasteiger partial charge in [-0.05, 0) is 48.9 Å². The van der Waals surface area contributed by atoms with Gasteiger partial charge in [0.15, 0.2) is 5.82 Å². The third-order valence-corrected chi connectivity index (χ3v) is 6.45. The van der Waals surface area contributed by atoms with E-state index in [1.807, 2.05) is 24.3 Å². The van der Waals surface area contributed by atoms with Crippen LogP contribution in [0.15, 0.2) is 47.3 Å². The van der Waals surface area contributed by atoms with Crippen molar-refractivity contribution in [3.63, 3.8) is 0 Å². The molecule has 4 rings (SSSR count). The lowest BCUT2D eigenvalue weighted by molar-refractivity contribution is 0.305. The summed E-state index contributed by atoms with van der Waals surface area (Å²) in [5.74, 6) is 1.32. The van der Waals surface area contributed by atoms with Crippen LogP contribution in [0, 0.1) is 0 Å². The molecule has 0 spiro atoms. The number of thiazole rings is 1. The first-order valence-corrected chi connectivity index (χ1v) is 11.7. The number of unbranched alkanes of at least 4 members (excludes halogenated alkanes) is 3. The van der Waals surface area contributed by atoms with E-state index in [0.29, 0.717) is 37.5 Å². The maximum atomic E-state index is 12.8. The lowest BCUT2D eigenvalue weighted by Gasteiger charge is -2.06. The Bertz CT molecular complexity index is 1280. The van der Waals surface area contributed by atoms with Crippen molar-refractivity contribution >= 4 is 45.6 Å².